The molecule has 1 aromatic carbocycles. The van der Waals surface area contributed by atoms with Crippen molar-refractivity contribution in [3.8, 4) is 0 Å². The van der Waals surface area contributed by atoms with Gasteiger partial charge in [-0.05, 0) is 24.8 Å². The summed E-state index contributed by atoms with van der Waals surface area (Å²) in [6.45, 7) is 1.26. The van der Waals surface area contributed by atoms with E-state index in [2.05, 4.69) is 5.43 Å². The fourth-order valence-corrected chi connectivity index (χ4v) is 2.20. The standard InChI is InChI=1S/C12H15F3N2O/c13-9-2-1-8(11(14)12(9)15)10(17-16)5-7-3-4-18-6-7/h1-2,7,10,17H,3-6,16H2. The Morgan fingerprint density at radius 2 is 2.11 bits per heavy atom. The number of benzene rings is 1. The molecule has 1 heterocycles. The van der Waals surface area contributed by atoms with Gasteiger partial charge in [0, 0.05) is 24.8 Å². The number of hydrogen-bond acceptors (Lipinski definition) is 3. The molecule has 0 spiro atoms. The highest BCUT2D eigenvalue weighted by Gasteiger charge is 2.25. The summed E-state index contributed by atoms with van der Waals surface area (Å²) in [6, 6.07) is 1.57. The summed E-state index contributed by atoms with van der Waals surface area (Å²) < 4.78 is 44.9. The highest BCUT2D eigenvalue weighted by Crippen LogP contribution is 2.28. The van der Waals surface area contributed by atoms with Gasteiger partial charge in [0.1, 0.15) is 0 Å². The van der Waals surface area contributed by atoms with Crippen LogP contribution >= 0.6 is 0 Å². The lowest BCUT2D eigenvalue weighted by Crippen LogP contribution is -2.30. The van der Waals surface area contributed by atoms with Gasteiger partial charge in [0.05, 0.1) is 0 Å². The van der Waals surface area contributed by atoms with E-state index in [0.717, 1.165) is 12.5 Å². The smallest absolute Gasteiger partial charge is 0.194 e. The van der Waals surface area contributed by atoms with E-state index < -0.39 is 23.5 Å². The Morgan fingerprint density at radius 1 is 1.33 bits per heavy atom. The SMILES string of the molecule is NNC(CC1CCOC1)c1ccc(F)c(F)c1F. The molecule has 3 N–H and O–H groups in total. The molecule has 0 saturated carbocycles. The van der Waals surface area contributed by atoms with Gasteiger partial charge in [-0.15, -0.1) is 0 Å². The van der Waals surface area contributed by atoms with Crippen LogP contribution in [0.15, 0.2) is 12.1 Å². The minimum atomic E-state index is -1.46. The first kappa shape index (κ1) is 13.3. The Labute approximate surface area is 103 Å². The monoisotopic (exact) mass is 260 g/mol. The first-order valence-corrected chi connectivity index (χ1v) is 5.80. The van der Waals surface area contributed by atoms with Crippen LogP contribution in [0.25, 0.3) is 0 Å². The quantitative estimate of drug-likeness (QED) is 0.495. The molecule has 2 atom stereocenters. The highest BCUT2D eigenvalue weighted by atomic mass is 19.2. The van der Waals surface area contributed by atoms with Crippen LogP contribution in [0.1, 0.15) is 24.4 Å². The molecule has 1 aliphatic rings. The summed E-state index contributed by atoms with van der Waals surface area (Å²) in [6.07, 6.45) is 1.39. The van der Waals surface area contributed by atoms with Crippen molar-refractivity contribution in [2.75, 3.05) is 13.2 Å². The molecule has 0 bridgehead atoms. The van der Waals surface area contributed by atoms with E-state index in [0.29, 0.717) is 19.6 Å². The van der Waals surface area contributed by atoms with Crippen LogP contribution in [0.3, 0.4) is 0 Å². The molecular weight excluding hydrogens is 245 g/mol. The summed E-state index contributed by atoms with van der Waals surface area (Å²) in [5.74, 6) is 1.77. The Kier molecular flexibility index (Phi) is 4.21. The zero-order valence-electron chi connectivity index (χ0n) is 9.76. The Hall–Kier alpha value is -1.11. The number of halogens is 3. The van der Waals surface area contributed by atoms with Crippen LogP contribution < -0.4 is 11.3 Å². The Bertz CT molecular complexity index is 422. The van der Waals surface area contributed by atoms with E-state index in [4.69, 9.17) is 10.6 Å². The van der Waals surface area contributed by atoms with Gasteiger partial charge in [-0.1, -0.05) is 6.07 Å². The minimum absolute atomic E-state index is 0.0447. The fraction of sp³-hybridized carbons (Fsp3) is 0.500. The third kappa shape index (κ3) is 2.66. The predicted octanol–water partition coefficient (Wildman–Crippen LogP) is 2.03. The number of nitrogens with two attached hydrogens (primary N) is 1. The molecule has 0 aliphatic carbocycles. The molecule has 1 aromatic rings. The van der Waals surface area contributed by atoms with Crippen LogP contribution in [0.4, 0.5) is 13.2 Å². The molecule has 2 unspecified atom stereocenters. The summed E-state index contributed by atoms with van der Waals surface area (Å²) in [7, 11) is 0. The van der Waals surface area contributed by atoms with Crippen LogP contribution in [0.2, 0.25) is 0 Å². The van der Waals surface area contributed by atoms with Crippen LogP contribution in [-0.2, 0) is 4.74 Å². The maximum atomic E-state index is 13.6. The van der Waals surface area contributed by atoms with Crippen molar-refractivity contribution in [1.29, 1.82) is 0 Å². The first-order chi connectivity index (χ1) is 8.63. The summed E-state index contributed by atoms with van der Waals surface area (Å²) in [4.78, 5) is 0. The van der Waals surface area contributed by atoms with E-state index in [-0.39, 0.29) is 11.5 Å². The summed E-state index contributed by atoms with van der Waals surface area (Å²) in [5, 5.41) is 0. The van der Waals surface area contributed by atoms with E-state index in [1.807, 2.05) is 0 Å². The van der Waals surface area contributed by atoms with E-state index in [1.165, 1.54) is 6.07 Å². The Morgan fingerprint density at radius 3 is 2.72 bits per heavy atom. The number of rotatable bonds is 4. The van der Waals surface area contributed by atoms with Crippen molar-refractivity contribution in [2.45, 2.75) is 18.9 Å². The lowest BCUT2D eigenvalue weighted by molar-refractivity contribution is 0.181. The van der Waals surface area contributed by atoms with Gasteiger partial charge in [-0.25, -0.2) is 13.2 Å². The van der Waals surface area contributed by atoms with E-state index >= 15 is 0 Å². The maximum absolute atomic E-state index is 13.6. The van der Waals surface area contributed by atoms with Gasteiger partial charge < -0.3 is 4.74 Å². The van der Waals surface area contributed by atoms with Crippen molar-refractivity contribution in [1.82, 2.24) is 5.43 Å². The first-order valence-electron chi connectivity index (χ1n) is 5.80. The van der Waals surface area contributed by atoms with Crippen molar-refractivity contribution in [3.63, 3.8) is 0 Å². The van der Waals surface area contributed by atoms with Crippen LogP contribution in [0, 0.1) is 23.4 Å². The molecule has 3 nitrogen and oxygen atoms in total. The zero-order valence-corrected chi connectivity index (χ0v) is 9.76. The maximum Gasteiger partial charge on any atom is 0.194 e. The third-order valence-electron chi connectivity index (χ3n) is 3.23. The molecule has 2 rings (SSSR count). The van der Waals surface area contributed by atoms with Gasteiger partial charge >= 0.3 is 0 Å². The molecule has 100 valence electrons. The molecule has 1 fully saturated rings. The van der Waals surface area contributed by atoms with Crippen molar-refractivity contribution in [2.24, 2.45) is 11.8 Å². The minimum Gasteiger partial charge on any atom is -0.381 e. The molecule has 0 aromatic heterocycles. The van der Waals surface area contributed by atoms with Gasteiger partial charge in [-0.3, -0.25) is 11.3 Å². The number of ether oxygens (including phenoxy) is 1. The number of hydrazine groups is 1. The lowest BCUT2D eigenvalue weighted by Gasteiger charge is -2.20. The molecule has 6 heteroatoms. The van der Waals surface area contributed by atoms with Gasteiger partial charge in [0.25, 0.3) is 0 Å². The summed E-state index contributed by atoms with van der Waals surface area (Å²) >= 11 is 0. The summed E-state index contributed by atoms with van der Waals surface area (Å²) in [5.41, 5.74) is 2.49. The second-order valence-electron chi connectivity index (χ2n) is 4.45. The second kappa shape index (κ2) is 5.69. The molecule has 1 saturated heterocycles. The normalized spacial score (nSPS) is 21.2. The van der Waals surface area contributed by atoms with Crippen LogP contribution in [-0.4, -0.2) is 13.2 Å². The molecule has 18 heavy (non-hydrogen) atoms. The van der Waals surface area contributed by atoms with Gasteiger partial charge in [-0.2, -0.15) is 0 Å². The van der Waals surface area contributed by atoms with Crippen LogP contribution in [0.5, 0.6) is 0 Å². The average molecular weight is 260 g/mol. The molecule has 0 radical (unpaired) electrons. The van der Waals surface area contributed by atoms with Gasteiger partial charge in [0.2, 0.25) is 0 Å². The lowest BCUT2D eigenvalue weighted by atomic mass is 9.94. The molecule has 1 aliphatic heterocycles. The average Bonchev–Trinajstić information content (AvgIpc) is 2.87. The topological polar surface area (TPSA) is 47.3 Å². The largest absolute Gasteiger partial charge is 0.381 e. The highest BCUT2D eigenvalue weighted by molar-refractivity contribution is 5.23. The third-order valence-corrected chi connectivity index (χ3v) is 3.23. The predicted molar refractivity (Wildman–Crippen MR) is 59.9 cm³/mol. The fourth-order valence-electron chi connectivity index (χ4n) is 2.20. The van der Waals surface area contributed by atoms with Crippen molar-refractivity contribution in [3.05, 3.63) is 35.1 Å². The zero-order chi connectivity index (χ0) is 13.1. The number of hydrogen-bond donors (Lipinski definition) is 2. The van der Waals surface area contributed by atoms with E-state index in [1.54, 1.807) is 0 Å². The second-order valence-corrected chi connectivity index (χ2v) is 4.45. The van der Waals surface area contributed by atoms with Crippen molar-refractivity contribution < 1.29 is 17.9 Å². The van der Waals surface area contributed by atoms with Crippen molar-refractivity contribution >= 4 is 0 Å². The van der Waals surface area contributed by atoms with E-state index in [9.17, 15) is 13.2 Å². The Balaban J connectivity index is 2.18. The number of nitrogens with one attached hydrogen (secondary N) is 1. The molecular formula is C12H15F3N2O. The molecule has 0 amide bonds. The van der Waals surface area contributed by atoms with Gasteiger partial charge in [0.15, 0.2) is 17.5 Å².